The Morgan fingerprint density at radius 3 is 3.06 bits per heavy atom. The molecule has 1 aromatic carbocycles. The molecule has 0 saturated carbocycles. The van der Waals surface area contributed by atoms with Crippen LogP contribution < -0.4 is 5.32 Å². The summed E-state index contributed by atoms with van der Waals surface area (Å²) in [5, 5.41) is 12.3. The smallest absolute Gasteiger partial charge is 0.323 e. The lowest BCUT2D eigenvalue weighted by molar-refractivity contribution is -0.146. The van der Waals surface area contributed by atoms with Crippen LogP contribution >= 0.6 is 0 Å². The molecule has 1 aromatic rings. The van der Waals surface area contributed by atoms with Crippen LogP contribution in [0, 0.1) is 0 Å². The Morgan fingerprint density at radius 1 is 1.39 bits per heavy atom. The fourth-order valence-electron chi connectivity index (χ4n) is 2.95. The van der Waals surface area contributed by atoms with E-state index in [9.17, 15) is 4.79 Å². The first-order valence-corrected chi connectivity index (χ1v) is 6.44. The standard InChI is InChI=1S/C14H17NO3/c16-14(17)12-8-18-13-10-6-2-1-4-9(10)5-3-7-11(13)15-12/h1-2,4,6,11-13,15H,3,5,7-8H2,(H,16,17). The summed E-state index contributed by atoms with van der Waals surface area (Å²) in [6.45, 7) is 0.241. The highest BCUT2D eigenvalue weighted by atomic mass is 16.5. The molecule has 1 aliphatic carbocycles. The average Bonchev–Trinajstić information content (AvgIpc) is 2.57. The number of hydrogen-bond donors (Lipinski definition) is 2. The van der Waals surface area contributed by atoms with E-state index in [4.69, 9.17) is 9.84 Å². The number of aliphatic carboxylic acids is 1. The van der Waals surface area contributed by atoms with Gasteiger partial charge in [-0.25, -0.2) is 0 Å². The van der Waals surface area contributed by atoms with Crippen molar-refractivity contribution in [3.8, 4) is 0 Å². The Bertz CT molecular complexity index is 460. The van der Waals surface area contributed by atoms with E-state index >= 15 is 0 Å². The lowest BCUT2D eigenvalue weighted by atomic mass is 9.96. The number of ether oxygens (including phenoxy) is 1. The Labute approximate surface area is 106 Å². The van der Waals surface area contributed by atoms with Crippen molar-refractivity contribution >= 4 is 5.97 Å². The molecule has 1 aliphatic heterocycles. The van der Waals surface area contributed by atoms with Crippen LogP contribution in [0.25, 0.3) is 0 Å². The molecule has 0 radical (unpaired) electrons. The predicted octanol–water partition coefficient (Wildman–Crippen LogP) is 1.51. The number of hydrogen-bond acceptors (Lipinski definition) is 3. The number of aryl methyl sites for hydroxylation is 1. The molecule has 1 saturated heterocycles. The third kappa shape index (κ3) is 2.02. The Balaban J connectivity index is 1.88. The number of morpholine rings is 1. The third-order valence-corrected chi connectivity index (χ3v) is 3.84. The van der Waals surface area contributed by atoms with E-state index in [1.165, 1.54) is 11.1 Å². The first-order chi connectivity index (χ1) is 8.75. The quantitative estimate of drug-likeness (QED) is 0.789. The van der Waals surface area contributed by atoms with Gasteiger partial charge in [0, 0.05) is 6.04 Å². The zero-order valence-corrected chi connectivity index (χ0v) is 10.1. The van der Waals surface area contributed by atoms with Gasteiger partial charge in [0.1, 0.15) is 6.04 Å². The molecule has 0 spiro atoms. The maximum atomic E-state index is 11.0. The maximum Gasteiger partial charge on any atom is 0.323 e. The van der Waals surface area contributed by atoms with E-state index in [0.29, 0.717) is 0 Å². The zero-order chi connectivity index (χ0) is 12.5. The zero-order valence-electron chi connectivity index (χ0n) is 10.1. The largest absolute Gasteiger partial charge is 0.480 e. The number of fused-ring (bicyclic) bond motifs is 3. The second kappa shape index (κ2) is 4.71. The number of nitrogens with one attached hydrogen (secondary N) is 1. The summed E-state index contributed by atoms with van der Waals surface area (Å²) in [6, 6.07) is 7.86. The van der Waals surface area contributed by atoms with Crippen LogP contribution in [-0.4, -0.2) is 29.8 Å². The lowest BCUT2D eigenvalue weighted by Gasteiger charge is -2.35. The summed E-state index contributed by atoms with van der Waals surface area (Å²) in [5.74, 6) is -0.828. The van der Waals surface area contributed by atoms with Gasteiger partial charge in [-0.3, -0.25) is 10.1 Å². The molecule has 2 aliphatic rings. The molecule has 3 unspecified atom stereocenters. The Hall–Kier alpha value is -1.39. The first kappa shape index (κ1) is 11.7. The predicted molar refractivity (Wildman–Crippen MR) is 66.4 cm³/mol. The number of benzene rings is 1. The van der Waals surface area contributed by atoms with E-state index in [1.807, 2.05) is 6.07 Å². The van der Waals surface area contributed by atoms with Crippen molar-refractivity contribution in [1.29, 1.82) is 0 Å². The molecule has 2 N–H and O–H groups in total. The third-order valence-electron chi connectivity index (χ3n) is 3.84. The molecule has 1 heterocycles. The highest BCUT2D eigenvalue weighted by Crippen LogP contribution is 2.33. The van der Waals surface area contributed by atoms with Crippen LogP contribution in [-0.2, 0) is 16.0 Å². The lowest BCUT2D eigenvalue weighted by Crippen LogP contribution is -2.53. The number of rotatable bonds is 1. The Morgan fingerprint density at radius 2 is 2.22 bits per heavy atom. The second-order valence-electron chi connectivity index (χ2n) is 5.01. The molecule has 0 bridgehead atoms. The minimum atomic E-state index is -0.828. The number of carbonyl (C=O) groups is 1. The number of carboxylic acids is 1. The average molecular weight is 247 g/mol. The van der Waals surface area contributed by atoms with Crippen LogP contribution in [0.1, 0.15) is 30.1 Å². The molecule has 1 fully saturated rings. The normalized spacial score (nSPS) is 31.0. The molecule has 96 valence electrons. The topological polar surface area (TPSA) is 58.6 Å². The molecule has 4 heteroatoms. The van der Waals surface area contributed by atoms with E-state index in [2.05, 4.69) is 23.5 Å². The fraction of sp³-hybridized carbons (Fsp3) is 0.500. The van der Waals surface area contributed by atoms with Crippen molar-refractivity contribution in [1.82, 2.24) is 5.32 Å². The minimum absolute atomic E-state index is 0.000648. The van der Waals surface area contributed by atoms with Gasteiger partial charge in [-0.2, -0.15) is 0 Å². The molecule has 18 heavy (non-hydrogen) atoms. The summed E-state index contributed by atoms with van der Waals surface area (Å²) >= 11 is 0. The monoisotopic (exact) mass is 247 g/mol. The number of carboxylic acid groups (broad SMARTS) is 1. The van der Waals surface area contributed by atoms with E-state index in [-0.39, 0.29) is 18.8 Å². The highest BCUT2D eigenvalue weighted by Gasteiger charge is 2.36. The maximum absolute atomic E-state index is 11.0. The highest BCUT2D eigenvalue weighted by molar-refractivity contribution is 5.73. The summed E-state index contributed by atoms with van der Waals surface area (Å²) in [5.41, 5.74) is 2.55. The van der Waals surface area contributed by atoms with Crippen LogP contribution in [0.2, 0.25) is 0 Å². The van der Waals surface area contributed by atoms with E-state index in [0.717, 1.165) is 19.3 Å². The van der Waals surface area contributed by atoms with Gasteiger partial charge in [-0.1, -0.05) is 24.3 Å². The van der Waals surface area contributed by atoms with Crippen molar-refractivity contribution in [2.24, 2.45) is 0 Å². The van der Waals surface area contributed by atoms with Crippen molar-refractivity contribution in [3.63, 3.8) is 0 Å². The van der Waals surface area contributed by atoms with Gasteiger partial charge in [0.2, 0.25) is 0 Å². The summed E-state index contributed by atoms with van der Waals surface area (Å²) in [7, 11) is 0. The van der Waals surface area contributed by atoms with Crippen molar-refractivity contribution in [3.05, 3.63) is 35.4 Å². The van der Waals surface area contributed by atoms with Gasteiger partial charge in [-0.15, -0.1) is 0 Å². The first-order valence-electron chi connectivity index (χ1n) is 6.44. The van der Waals surface area contributed by atoms with E-state index < -0.39 is 12.0 Å². The van der Waals surface area contributed by atoms with Crippen LogP contribution in [0.4, 0.5) is 0 Å². The molecular formula is C14H17NO3. The summed E-state index contributed by atoms with van der Waals surface area (Å²) < 4.78 is 5.82. The van der Waals surface area contributed by atoms with Crippen LogP contribution in [0.15, 0.2) is 24.3 Å². The SMILES string of the molecule is O=C(O)C1COC2c3ccccc3CCCC2N1. The van der Waals surface area contributed by atoms with Gasteiger partial charge >= 0.3 is 5.97 Å². The fourth-order valence-corrected chi connectivity index (χ4v) is 2.95. The summed E-state index contributed by atoms with van der Waals surface area (Å²) in [4.78, 5) is 11.0. The Kier molecular flexibility index (Phi) is 3.06. The summed E-state index contributed by atoms with van der Waals surface area (Å²) in [6.07, 6.45) is 3.08. The van der Waals surface area contributed by atoms with Gasteiger partial charge in [-0.05, 0) is 30.4 Å². The van der Waals surface area contributed by atoms with Gasteiger partial charge in [0.05, 0.1) is 12.7 Å². The molecule has 4 nitrogen and oxygen atoms in total. The molecule has 0 aromatic heterocycles. The minimum Gasteiger partial charge on any atom is -0.480 e. The van der Waals surface area contributed by atoms with Crippen molar-refractivity contribution < 1.29 is 14.6 Å². The van der Waals surface area contributed by atoms with E-state index in [1.54, 1.807) is 0 Å². The van der Waals surface area contributed by atoms with Crippen LogP contribution in [0.5, 0.6) is 0 Å². The molecule has 3 rings (SSSR count). The van der Waals surface area contributed by atoms with Crippen molar-refractivity contribution in [2.75, 3.05) is 6.61 Å². The molecule has 0 amide bonds. The van der Waals surface area contributed by atoms with Gasteiger partial charge < -0.3 is 9.84 Å². The molecular weight excluding hydrogens is 230 g/mol. The van der Waals surface area contributed by atoms with Crippen molar-refractivity contribution in [2.45, 2.75) is 37.5 Å². The van der Waals surface area contributed by atoms with Gasteiger partial charge in [0.25, 0.3) is 0 Å². The van der Waals surface area contributed by atoms with Crippen LogP contribution in [0.3, 0.4) is 0 Å². The second-order valence-corrected chi connectivity index (χ2v) is 5.01. The van der Waals surface area contributed by atoms with Gasteiger partial charge in [0.15, 0.2) is 0 Å². The molecule has 3 atom stereocenters.